The van der Waals surface area contributed by atoms with Crippen molar-refractivity contribution in [3.05, 3.63) is 11.7 Å². The molecule has 1 saturated heterocycles. The third-order valence-electron chi connectivity index (χ3n) is 5.23. The highest BCUT2D eigenvalue weighted by Gasteiger charge is 2.40. The second-order valence-corrected chi connectivity index (χ2v) is 6.75. The molecule has 1 aliphatic carbocycles. The average Bonchev–Trinajstić information content (AvgIpc) is 2.89. The molecule has 2 heterocycles. The Morgan fingerprint density at radius 3 is 2.38 bits per heavy atom. The largest absolute Gasteiger partial charge is 0.370 e. The highest BCUT2D eigenvalue weighted by Crippen LogP contribution is 2.38. The van der Waals surface area contributed by atoms with Gasteiger partial charge in [-0.3, -0.25) is 0 Å². The molecule has 1 saturated carbocycles. The molecule has 1 aromatic rings. The van der Waals surface area contributed by atoms with Crippen LogP contribution in [0.1, 0.15) is 76.4 Å². The van der Waals surface area contributed by atoms with Crippen LogP contribution < -0.4 is 5.32 Å². The number of nitrogens with zero attached hydrogens (tertiary/aromatic N) is 2. The summed E-state index contributed by atoms with van der Waals surface area (Å²) in [5.41, 5.74) is -0.521. The number of rotatable bonds is 3. The van der Waals surface area contributed by atoms with Gasteiger partial charge in [0.25, 0.3) is 0 Å². The molecule has 0 bridgehead atoms. The zero-order valence-corrected chi connectivity index (χ0v) is 13.3. The van der Waals surface area contributed by atoms with Crippen LogP contribution in [0.3, 0.4) is 0 Å². The smallest absolute Gasteiger partial charge is 0.246 e. The Bertz CT molecular complexity index is 458. The minimum absolute atomic E-state index is 0.177. The van der Waals surface area contributed by atoms with E-state index in [2.05, 4.69) is 17.4 Å². The van der Waals surface area contributed by atoms with Crippen molar-refractivity contribution in [3.63, 3.8) is 0 Å². The first-order chi connectivity index (χ1) is 10.2. The Balaban J connectivity index is 1.85. The second kappa shape index (κ2) is 6.05. The van der Waals surface area contributed by atoms with Gasteiger partial charge < -0.3 is 14.6 Å². The topological polar surface area (TPSA) is 60.2 Å². The van der Waals surface area contributed by atoms with E-state index in [1.807, 2.05) is 0 Å². The van der Waals surface area contributed by atoms with Crippen LogP contribution in [-0.4, -0.2) is 23.8 Å². The number of piperidine rings is 1. The van der Waals surface area contributed by atoms with E-state index < -0.39 is 0 Å². The van der Waals surface area contributed by atoms with Gasteiger partial charge in [0.05, 0.1) is 5.54 Å². The standard InChI is InChI=1S/C16H27N3O2/c1-15(9-7-8-12-17-15)14-18-13(19-21-14)16(20-2)10-5-3-4-6-11-16/h17H,3-12H2,1-2H3. The van der Waals surface area contributed by atoms with Crippen LogP contribution in [0.4, 0.5) is 0 Å². The SMILES string of the molecule is COC1(c2noc(C3(C)CCCCN3)n2)CCCCCC1. The molecule has 0 aromatic carbocycles. The normalized spacial score (nSPS) is 30.0. The minimum Gasteiger partial charge on any atom is -0.370 e. The fourth-order valence-corrected chi connectivity index (χ4v) is 3.69. The van der Waals surface area contributed by atoms with Crippen LogP contribution in [0.25, 0.3) is 0 Å². The lowest BCUT2D eigenvalue weighted by atomic mass is 9.90. The molecule has 1 aromatic heterocycles. The fourth-order valence-electron chi connectivity index (χ4n) is 3.69. The fraction of sp³-hybridized carbons (Fsp3) is 0.875. The van der Waals surface area contributed by atoms with Gasteiger partial charge in [0.2, 0.25) is 11.7 Å². The van der Waals surface area contributed by atoms with E-state index in [-0.39, 0.29) is 11.1 Å². The molecule has 0 spiro atoms. The Morgan fingerprint density at radius 1 is 1.05 bits per heavy atom. The van der Waals surface area contributed by atoms with E-state index in [0.29, 0.717) is 0 Å². The van der Waals surface area contributed by atoms with E-state index >= 15 is 0 Å². The highest BCUT2D eigenvalue weighted by atomic mass is 16.5. The van der Waals surface area contributed by atoms with Crippen molar-refractivity contribution in [1.82, 2.24) is 15.5 Å². The van der Waals surface area contributed by atoms with E-state index in [0.717, 1.165) is 37.5 Å². The maximum Gasteiger partial charge on any atom is 0.246 e. The zero-order chi connectivity index (χ0) is 14.8. The monoisotopic (exact) mass is 293 g/mol. The molecule has 5 heteroatoms. The lowest BCUT2D eigenvalue weighted by molar-refractivity contribution is -0.0365. The van der Waals surface area contributed by atoms with Gasteiger partial charge in [-0.25, -0.2) is 0 Å². The van der Waals surface area contributed by atoms with Crippen molar-refractivity contribution < 1.29 is 9.26 Å². The van der Waals surface area contributed by atoms with Crippen molar-refractivity contribution in [2.75, 3.05) is 13.7 Å². The van der Waals surface area contributed by atoms with Crippen molar-refractivity contribution in [2.24, 2.45) is 0 Å². The van der Waals surface area contributed by atoms with Gasteiger partial charge in [-0.2, -0.15) is 4.98 Å². The quantitative estimate of drug-likeness (QED) is 0.867. The molecule has 1 aliphatic heterocycles. The Kier molecular flexibility index (Phi) is 4.31. The van der Waals surface area contributed by atoms with Crippen LogP contribution in [0.5, 0.6) is 0 Å². The molecular weight excluding hydrogens is 266 g/mol. The molecule has 0 radical (unpaired) electrons. The highest BCUT2D eigenvalue weighted by molar-refractivity contribution is 5.08. The van der Waals surface area contributed by atoms with Crippen LogP contribution in [0.2, 0.25) is 0 Å². The van der Waals surface area contributed by atoms with Crippen molar-refractivity contribution in [3.8, 4) is 0 Å². The first kappa shape index (κ1) is 15.0. The molecule has 21 heavy (non-hydrogen) atoms. The van der Waals surface area contributed by atoms with Gasteiger partial charge in [0.15, 0.2) is 0 Å². The number of hydrogen-bond donors (Lipinski definition) is 1. The van der Waals surface area contributed by atoms with Crippen molar-refractivity contribution in [1.29, 1.82) is 0 Å². The summed E-state index contributed by atoms with van der Waals surface area (Å²) in [4.78, 5) is 4.75. The Morgan fingerprint density at radius 2 is 1.76 bits per heavy atom. The van der Waals surface area contributed by atoms with Crippen LogP contribution in [0, 0.1) is 0 Å². The van der Waals surface area contributed by atoms with Crippen LogP contribution in [-0.2, 0) is 15.9 Å². The summed E-state index contributed by atoms with van der Waals surface area (Å²) < 4.78 is 11.5. The summed E-state index contributed by atoms with van der Waals surface area (Å²) in [5.74, 6) is 1.47. The lowest BCUT2D eigenvalue weighted by Crippen LogP contribution is -2.43. The molecule has 1 N–H and O–H groups in total. The first-order valence-electron chi connectivity index (χ1n) is 8.33. The maximum atomic E-state index is 5.87. The van der Waals surface area contributed by atoms with Gasteiger partial charge in [-0.15, -0.1) is 0 Å². The summed E-state index contributed by atoms with van der Waals surface area (Å²) in [5, 5.41) is 7.83. The molecular formula is C16H27N3O2. The van der Waals surface area contributed by atoms with Gasteiger partial charge in [0.1, 0.15) is 5.60 Å². The second-order valence-electron chi connectivity index (χ2n) is 6.75. The molecule has 2 fully saturated rings. The van der Waals surface area contributed by atoms with Gasteiger partial charge in [-0.05, 0) is 45.6 Å². The summed E-state index contributed by atoms with van der Waals surface area (Å²) in [6, 6.07) is 0. The van der Waals surface area contributed by atoms with E-state index in [4.69, 9.17) is 14.2 Å². The number of methoxy groups -OCH3 is 1. The number of nitrogens with one attached hydrogen (secondary N) is 1. The van der Waals surface area contributed by atoms with E-state index in [9.17, 15) is 0 Å². The summed E-state index contributed by atoms with van der Waals surface area (Å²) in [6.45, 7) is 3.18. The van der Waals surface area contributed by atoms with Gasteiger partial charge in [-0.1, -0.05) is 30.8 Å². The van der Waals surface area contributed by atoms with Gasteiger partial charge in [0, 0.05) is 7.11 Å². The predicted octanol–water partition coefficient (Wildman–Crippen LogP) is 3.25. The molecule has 5 nitrogen and oxygen atoms in total. The Labute approximate surface area is 126 Å². The van der Waals surface area contributed by atoms with E-state index in [1.54, 1.807) is 7.11 Å². The van der Waals surface area contributed by atoms with Crippen molar-refractivity contribution >= 4 is 0 Å². The van der Waals surface area contributed by atoms with Crippen molar-refractivity contribution in [2.45, 2.75) is 75.9 Å². The Hall–Kier alpha value is -0.940. The first-order valence-corrected chi connectivity index (χ1v) is 8.33. The predicted molar refractivity (Wildman–Crippen MR) is 79.9 cm³/mol. The van der Waals surface area contributed by atoms with Gasteiger partial charge >= 0.3 is 0 Å². The molecule has 3 rings (SSSR count). The van der Waals surface area contributed by atoms with Crippen LogP contribution in [0.15, 0.2) is 4.52 Å². The molecule has 118 valence electrons. The molecule has 1 atom stereocenters. The summed E-state index contributed by atoms with van der Waals surface area (Å²) in [6.07, 6.45) is 10.4. The number of ether oxygens (including phenoxy) is 1. The lowest BCUT2D eigenvalue weighted by Gasteiger charge is -2.31. The third-order valence-corrected chi connectivity index (χ3v) is 5.23. The number of aromatic nitrogens is 2. The number of hydrogen-bond acceptors (Lipinski definition) is 5. The average molecular weight is 293 g/mol. The minimum atomic E-state index is -0.344. The summed E-state index contributed by atoms with van der Waals surface area (Å²) in [7, 11) is 1.78. The zero-order valence-electron chi connectivity index (χ0n) is 13.3. The maximum absolute atomic E-state index is 5.87. The third kappa shape index (κ3) is 2.86. The summed E-state index contributed by atoms with van der Waals surface area (Å²) >= 11 is 0. The van der Waals surface area contributed by atoms with Crippen LogP contribution >= 0.6 is 0 Å². The molecule has 2 aliphatic rings. The molecule has 1 unspecified atom stereocenters. The van der Waals surface area contributed by atoms with E-state index in [1.165, 1.54) is 38.5 Å². The molecule has 0 amide bonds.